The molecule has 1 saturated heterocycles. The number of primary amides is 1. The molecule has 4 nitrogen and oxygen atoms in total. The molecule has 0 bridgehead atoms. The molecule has 1 amide bonds. The minimum absolute atomic E-state index is 0.165. The summed E-state index contributed by atoms with van der Waals surface area (Å²) >= 11 is 0. The number of likely N-dealkylation sites (tertiary alicyclic amines) is 1. The number of rotatable bonds is 6. The maximum Gasteiger partial charge on any atom is 0.239 e. The van der Waals surface area contributed by atoms with Gasteiger partial charge >= 0.3 is 0 Å². The lowest BCUT2D eigenvalue weighted by Crippen LogP contribution is -2.65. The Hall–Kier alpha value is -0.610. The van der Waals surface area contributed by atoms with Crippen molar-refractivity contribution in [3.8, 4) is 0 Å². The van der Waals surface area contributed by atoms with E-state index in [9.17, 15) is 4.79 Å². The Kier molecular flexibility index (Phi) is 4.51. The fourth-order valence-corrected chi connectivity index (χ4v) is 3.45. The van der Waals surface area contributed by atoms with Crippen LogP contribution < -0.4 is 11.1 Å². The van der Waals surface area contributed by atoms with Crippen LogP contribution in [0.4, 0.5) is 0 Å². The highest BCUT2D eigenvalue weighted by Gasteiger charge is 2.51. The summed E-state index contributed by atoms with van der Waals surface area (Å²) in [4.78, 5) is 14.6. The van der Waals surface area contributed by atoms with Crippen molar-refractivity contribution in [3.05, 3.63) is 0 Å². The number of nitrogens with one attached hydrogen (secondary N) is 1. The summed E-state index contributed by atoms with van der Waals surface area (Å²) in [6.45, 7) is 8.35. The second-order valence-electron chi connectivity index (χ2n) is 6.72. The van der Waals surface area contributed by atoms with Crippen molar-refractivity contribution < 1.29 is 4.79 Å². The molecular weight excluding hydrogens is 238 g/mol. The van der Waals surface area contributed by atoms with Gasteiger partial charge in [0.05, 0.1) is 0 Å². The Morgan fingerprint density at radius 2 is 2.05 bits per heavy atom. The smallest absolute Gasteiger partial charge is 0.239 e. The molecule has 2 rings (SSSR count). The Balaban J connectivity index is 2.14. The quantitative estimate of drug-likeness (QED) is 0.766. The summed E-state index contributed by atoms with van der Waals surface area (Å²) in [7, 11) is 0. The van der Waals surface area contributed by atoms with Gasteiger partial charge < -0.3 is 5.73 Å². The average molecular weight is 267 g/mol. The molecule has 1 saturated carbocycles. The van der Waals surface area contributed by atoms with Crippen LogP contribution in [0.2, 0.25) is 0 Å². The molecule has 2 unspecified atom stereocenters. The van der Waals surface area contributed by atoms with Gasteiger partial charge in [-0.1, -0.05) is 6.42 Å². The third-order valence-electron chi connectivity index (χ3n) is 4.65. The van der Waals surface area contributed by atoms with Crippen LogP contribution in [-0.2, 0) is 4.79 Å². The summed E-state index contributed by atoms with van der Waals surface area (Å²) in [5.74, 6) is 0.267. The Morgan fingerprint density at radius 3 is 2.53 bits per heavy atom. The van der Waals surface area contributed by atoms with E-state index in [0.29, 0.717) is 12.0 Å². The Labute approximate surface area is 117 Å². The SMILES string of the molecule is CC(C)NC(CN1CCCCC1C)(C(N)=O)C1CC1. The van der Waals surface area contributed by atoms with Crippen molar-refractivity contribution in [3.63, 3.8) is 0 Å². The van der Waals surface area contributed by atoms with Gasteiger partial charge in [0.2, 0.25) is 5.91 Å². The fraction of sp³-hybridized carbons (Fsp3) is 0.933. The van der Waals surface area contributed by atoms with E-state index in [2.05, 4.69) is 31.0 Å². The zero-order valence-electron chi connectivity index (χ0n) is 12.6. The van der Waals surface area contributed by atoms with Gasteiger partial charge in [-0.25, -0.2) is 0 Å². The highest BCUT2D eigenvalue weighted by atomic mass is 16.1. The van der Waals surface area contributed by atoms with Gasteiger partial charge in [0, 0.05) is 18.6 Å². The predicted octanol–water partition coefficient (Wildman–Crippen LogP) is 1.49. The van der Waals surface area contributed by atoms with Crippen LogP contribution in [0.5, 0.6) is 0 Å². The molecule has 19 heavy (non-hydrogen) atoms. The number of carbonyl (C=O) groups is 1. The lowest BCUT2D eigenvalue weighted by molar-refractivity contribution is -0.127. The second-order valence-corrected chi connectivity index (χ2v) is 6.72. The first-order valence-electron chi connectivity index (χ1n) is 7.77. The van der Waals surface area contributed by atoms with E-state index in [1.54, 1.807) is 0 Å². The van der Waals surface area contributed by atoms with Gasteiger partial charge in [0.1, 0.15) is 5.54 Å². The maximum atomic E-state index is 12.2. The van der Waals surface area contributed by atoms with Crippen LogP contribution in [0.3, 0.4) is 0 Å². The number of hydrogen-bond acceptors (Lipinski definition) is 3. The molecule has 3 N–H and O–H groups in total. The number of nitrogens with two attached hydrogens (primary N) is 1. The first-order valence-corrected chi connectivity index (χ1v) is 7.77. The molecule has 0 spiro atoms. The summed E-state index contributed by atoms with van der Waals surface area (Å²) in [5, 5.41) is 3.51. The third-order valence-corrected chi connectivity index (χ3v) is 4.65. The van der Waals surface area contributed by atoms with Crippen LogP contribution in [0.25, 0.3) is 0 Å². The second kappa shape index (κ2) is 5.80. The van der Waals surface area contributed by atoms with E-state index in [1.807, 2.05) is 0 Å². The minimum atomic E-state index is -0.514. The van der Waals surface area contributed by atoms with E-state index in [1.165, 1.54) is 19.3 Å². The lowest BCUT2D eigenvalue weighted by Gasteiger charge is -2.42. The largest absolute Gasteiger partial charge is 0.368 e. The first-order chi connectivity index (χ1) is 8.95. The van der Waals surface area contributed by atoms with Crippen molar-refractivity contribution in [2.75, 3.05) is 13.1 Å². The van der Waals surface area contributed by atoms with E-state index in [-0.39, 0.29) is 11.9 Å². The molecule has 0 aromatic carbocycles. The van der Waals surface area contributed by atoms with Gasteiger partial charge in [0.25, 0.3) is 0 Å². The van der Waals surface area contributed by atoms with E-state index in [4.69, 9.17) is 5.73 Å². The van der Waals surface area contributed by atoms with Crippen LogP contribution >= 0.6 is 0 Å². The number of carbonyl (C=O) groups excluding carboxylic acids is 1. The molecule has 1 aliphatic carbocycles. The summed E-state index contributed by atoms with van der Waals surface area (Å²) < 4.78 is 0. The van der Waals surface area contributed by atoms with Gasteiger partial charge in [-0.15, -0.1) is 0 Å². The molecule has 1 heterocycles. The Morgan fingerprint density at radius 1 is 1.37 bits per heavy atom. The van der Waals surface area contributed by atoms with Crippen molar-refractivity contribution >= 4 is 5.91 Å². The summed E-state index contributed by atoms with van der Waals surface area (Å²) in [5.41, 5.74) is 5.28. The van der Waals surface area contributed by atoms with Crippen LogP contribution in [0.15, 0.2) is 0 Å². The van der Waals surface area contributed by atoms with E-state index < -0.39 is 5.54 Å². The molecule has 2 aliphatic rings. The maximum absolute atomic E-state index is 12.2. The molecule has 1 aliphatic heterocycles. The minimum Gasteiger partial charge on any atom is -0.368 e. The monoisotopic (exact) mass is 267 g/mol. The molecule has 110 valence electrons. The topological polar surface area (TPSA) is 58.4 Å². The molecular formula is C15H29N3O. The van der Waals surface area contributed by atoms with Gasteiger partial charge in [-0.2, -0.15) is 0 Å². The number of hydrogen-bond donors (Lipinski definition) is 2. The number of amides is 1. The molecule has 0 radical (unpaired) electrons. The van der Waals surface area contributed by atoms with E-state index >= 15 is 0 Å². The molecule has 2 fully saturated rings. The van der Waals surface area contributed by atoms with Gasteiger partial charge in [-0.05, 0) is 58.9 Å². The first kappa shape index (κ1) is 14.8. The van der Waals surface area contributed by atoms with Crippen molar-refractivity contribution in [2.45, 2.75) is 70.5 Å². The molecule has 0 aromatic rings. The third kappa shape index (κ3) is 3.29. The van der Waals surface area contributed by atoms with Crippen molar-refractivity contribution in [1.82, 2.24) is 10.2 Å². The molecule has 0 aromatic heterocycles. The number of piperidine rings is 1. The van der Waals surface area contributed by atoms with Crippen LogP contribution in [-0.4, -0.2) is 41.5 Å². The highest BCUT2D eigenvalue weighted by molar-refractivity contribution is 5.86. The molecule has 2 atom stereocenters. The van der Waals surface area contributed by atoms with Crippen molar-refractivity contribution in [2.24, 2.45) is 11.7 Å². The Bertz CT molecular complexity index is 327. The fourth-order valence-electron chi connectivity index (χ4n) is 3.45. The average Bonchev–Trinajstić information content (AvgIpc) is 3.14. The highest BCUT2D eigenvalue weighted by Crippen LogP contribution is 2.41. The zero-order valence-corrected chi connectivity index (χ0v) is 12.6. The zero-order chi connectivity index (χ0) is 14.0. The van der Waals surface area contributed by atoms with E-state index in [0.717, 1.165) is 25.9 Å². The van der Waals surface area contributed by atoms with Crippen LogP contribution in [0, 0.1) is 5.92 Å². The van der Waals surface area contributed by atoms with Gasteiger partial charge in [0.15, 0.2) is 0 Å². The molecule has 4 heteroatoms. The standard InChI is InChI=1S/C15H29N3O/c1-11(2)17-15(14(16)19,13-7-8-13)10-18-9-5-4-6-12(18)3/h11-13,17H,4-10H2,1-3H3,(H2,16,19). The lowest BCUT2D eigenvalue weighted by atomic mass is 9.88. The normalized spacial score (nSPS) is 28.3. The van der Waals surface area contributed by atoms with Gasteiger partial charge in [-0.3, -0.25) is 15.0 Å². The predicted molar refractivity (Wildman–Crippen MR) is 77.8 cm³/mol. The number of nitrogens with zero attached hydrogens (tertiary/aromatic N) is 1. The van der Waals surface area contributed by atoms with Crippen LogP contribution in [0.1, 0.15) is 52.9 Å². The summed E-state index contributed by atoms with van der Waals surface area (Å²) in [6, 6.07) is 0.855. The summed E-state index contributed by atoms with van der Waals surface area (Å²) in [6.07, 6.45) is 6.05. The van der Waals surface area contributed by atoms with Crippen molar-refractivity contribution in [1.29, 1.82) is 0 Å².